The average molecular weight is 477 g/mol. The Morgan fingerprint density at radius 3 is 2.27 bits per heavy atom. The number of aromatic nitrogens is 4. The van der Waals surface area contributed by atoms with Crippen LogP contribution >= 0.6 is 11.6 Å². The van der Waals surface area contributed by atoms with E-state index >= 15 is 0 Å². The molecule has 1 N–H and O–H groups in total. The summed E-state index contributed by atoms with van der Waals surface area (Å²) in [5, 5.41) is 8.86. The van der Waals surface area contributed by atoms with Gasteiger partial charge in [0.15, 0.2) is 0 Å². The first-order valence-electron chi connectivity index (χ1n) is 9.41. The number of rotatable bonds is 4. The number of aryl methyl sites for hydroxylation is 2. The number of benzene rings is 2. The molecule has 0 aliphatic heterocycles. The minimum atomic E-state index is -1.62. The summed E-state index contributed by atoms with van der Waals surface area (Å²) in [4.78, 5) is 49.8. The zero-order valence-corrected chi connectivity index (χ0v) is 17.9. The van der Waals surface area contributed by atoms with E-state index in [0.717, 1.165) is 22.9 Å². The van der Waals surface area contributed by atoms with E-state index in [9.17, 15) is 33.1 Å². The third kappa shape index (κ3) is 3.46. The summed E-state index contributed by atoms with van der Waals surface area (Å²) in [5.74, 6) is -3.56. The molecule has 2 aromatic heterocycles. The highest BCUT2D eigenvalue weighted by molar-refractivity contribution is 6.31. The number of aromatic carboxylic acids is 1. The summed E-state index contributed by atoms with van der Waals surface area (Å²) >= 11 is 5.82. The van der Waals surface area contributed by atoms with Gasteiger partial charge in [-0.1, -0.05) is 11.6 Å². The number of imidazole rings is 1. The zero-order valence-electron chi connectivity index (χ0n) is 17.2. The van der Waals surface area contributed by atoms with Gasteiger partial charge < -0.3 is 5.11 Å². The Balaban J connectivity index is 2.00. The van der Waals surface area contributed by atoms with E-state index in [1.807, 2.05) is 0 Å². The van der Waals surface area contributed by atoms with Crippen molar-refractivity contribution >= 4 is 28.6 Å². The van der Waals surface area contributed by atoms with Gasteiger partial charge in [0.25, 0.3) is 5.56 Å². The number of carboxylic acid groups (broad SMARTS) is 1. The summed E-state index contributed by atoms with van der Waals surface area (Å²) in [7, 11) is 3.09. The van der Waals surface area contributed by atoms with E-state index in [-0.39, 0.29) is 11.4 Å². The zero-order chi connectivity index (χ0) is 24.2. The van der Waals surface area contributed by atoms with Crippen molar-refractivity contribution in [2.45, 2.75) is 6.54 Å². The summed E-state index contributed by atoms with van der Waals surface area (Å²) < 4.78 is 32.2. The van der Waals surface area contributed by atoms with Crippen molar-refractivity contribution in [2.24, 2.45) is 14.1 Å². The van der Waals surface area contributed by atoms with Gasteiger partial charge in [0.2, 0.25) is 0 Å². The van der Waals surface area contributed by atoms with Gasteiger partial charge in [-0.25, -0.2) is 23.2 Å². The van der Waals surface area contributed by atoms with Crippen LogP contribution in [-0.2, 0) is 20.6 Å². The highest BCUT2D eigenvalue weighted by Crippen LogP contribution is 2.23. The molecule has 0 aliphatic carbocycles. The molecule has 0 saturated carbocycles. The first-order valence-corrected chi connectivity index (χ1v) is 9.78. The quantitative estimate of drug-likeness (QED) is 0.452. The topological polar surface area (TPSA) is 108 Å². The van der Waals surface area contributed by atoms with Crippen molar-refractivity contribution in [1.29, 1.82) is 0 Å². The second-order valence-corrected chi connectivity index (χ2v) is 7.67. The largest absolute Gasteiger partial charge is 0.477 e. The fraction of sp³-hybridized carbons (Fsp3) is 0.143. The van der Waals surface area contributed by atoms with Gasteiger partial charge >= 0.3 is 17.3 Å². The van der Waals surface area contributed by atoms with Gasteiger partial charge in [0, 0.05) is 25.9 Å². The lowest BCUT2D eigenvalue weighted by atomic mass is 10.2. The number of fused-ring (bicyclic) bond motifs is 1. The van der Waals surface area contributed by atoms with Crippen molar-refractivity contribution in [3.05, 3.63) is 95.6 Å². The van der Waals surface area contributed by atoms with Crippen molar-refractivity contribution in [3.63, 3.8) is 0 Å². The maximum atomic E-state index is 14.3. The number of carboxylic acids is 1. The predicted molar refractivity (Wildman–Crippen MR) is 115 cm³/mol. The number of hydrogen-bond acceptors (Lipinski definition) is 4. The van der Waals surface area contributed by atoms with E-state index < -0.39 is 51.5 Å². The van der Waals surface area contributed by atoms with Crippen LogP contribution in [0.5, 0.6) is 0 Å². The molecule has 170 valence electrons. The smallest absolute Gasteiger partial charge is 0.342 e. The second-order valence-electron chi connectivity index (χ2n) is 7.29. The fourth-order valence-corrected chi connectivity index (χ4v) is 3.80. The number of hydrogen-bond donors (Lipinski definition) is 1. The Bertz CT molecular complexity index is 1650. The molecule has 0 unspecified atom stereocenters. The normalized spacial score (nSPS) is 11.3. The van der Waals surface area contributed by atoms with Gasteiger partial charge in [0.05, 0.1) is 28.3 Å². The molecule has 12 heteroatoms. The first kappa shape index (κ1) is 22.2. The monoisotopic (exact) mass is 476 g/mol. The van der Waals surface area contributed by atoms with Gasteiger partial charge in [-0.3, -0.25) is 23.1 Å². The highest BCUT2D eigenvalue weighted by Gasteiger charge is 2.21. The first-order chi connectivity index (χ1) is 15.5. The van der Waals surface area contributed by atoms with E-state index in [2.05, 4.69) is 0 Å². The third-order valence-corrected chi connectivity index (χ3v) is 5.80. The van der Waals surface area contributed by atoms with Gasteiger partial charge in [-0.15, -0.1) is 0 Å². The van der Waals surface area contributed by atoms with Crippen LogP contribution in [0.15, 0.2) is 50.9 Å². The van der Waals surface area contributed by atoms with Crippen molar-refractivity contribution in [2.75, 3.05) is 0 Å². The molecule has 0 spiro atoms. The minimum absolute atomic E-state index is 0.149. The molecule has 0 amide bonds. The standard InChI is InChI=1S/C21H15ClF2N4O5/c1-25-15-6-3-10(7-16(15)26(2)20(25)32)27-9-12(19(30)31)18(29)28(21(27)33)8-11-13(23)4-5-14(24)17(11)22/h3-7,9H,8H2,1-2H3,(H,30,31). The summed E-state index contributed by atoms with van der Waals surface area (Å²) in [6.45, 7) is -0.798. The molecule has 0 fully saturated rings. The van der Waals surface area contributed by atoms with Crippen molar-refractivity contribution in [3.8, 4) is 5.69 Å². The molecule has 4 aromatic rings. The molecule has 33 heavy (non-hydrogen) atoms. The van der Waals surface area contributed by atoms with Crippen LogP contribution < -0.4 is 16.9 Å². The highest BCUT2D eigenvalue weighted by atomic mass is 35.5. The molecule has 2 aromatic carbocycles. The molecule has 9 nitrogen and oxygen atoms in total. The molecule has 4 rings (SSSR count). The van der Waals surface area contributed by atoms with Gasteiger partial charge in [0.1, 0.15) is 17.2 Å². The molecule has 2 heterocycles. The lowest BCUT2D eigenvalue weighted by Crippen LogP contribution is -2.42. The minimum Gasteiger partial charge on any atom is -0.477 e. The Kier molecular flexibility index (Phi) is 5.29. The number of carbonyl (C=O) groups is 1. The molecule has 0 aliphatic rings. The van der Waals surface area contributed by atoms with Crippen LogP contribution in [0.4, 0.5) is 8.78 Å². The number of nitrogens with zero attached hydrogens (tertiary/aromatic N) is 4. The fourth-order valence-electron chi connectivity index (χ4n) is 3.59. The van der Waals surface area contributed by atoms with Gasteiger partial charge in [-0.2, -0.15) is 0 Å². The molecular formula is C21H15ClF2N4O5. The maximum absolute atomic E-state index is 14.3. The second kappa shape index (κ2) is 7.85. The molecule has 0 bridgehead atoms. The summed E-state index contributed by atoms with van der Waals surface area (Å²) in [6.07, 6.45) is 0.843. The van der Waals surface area contributed by atoms with Gasteiger partial charge in [-0.05, 0) is 30.3 Å². The Morgan fingerprint density at radius 1 is 0.970 bits per heavy atom. The lowest BCUT2D eigenvalue weighted by Gasteiger charge is -2.13. The summed E-state index contributed by atoms with van der Waals surface area (Å²) in [5.41, 5.74) is -2.64. The van der Waals surface area contributed by atoms with E-state index in [1.54, 1.807) is 13.1 Å². The number of halogens is 3. The third-order valence-electron chi connectivity index (χ3n) is 5.39. The van der Waals surface area contributed by atoms with Crippen LogP contribution in [0.1, 0.15) is 15.9 Å². The van der Waals surface area contributed by atoms with E-state index in [0.29, 0.717) is 15.6 Å². The van der Waals surface area contributed by atoms with E-state index in [4.69, 9.17) is 11.6 Å². The molecule has 0 atom stereocenters. The Labute approximate surface area is 187 Å². The molecule has 0 saturated heterocycles. The average Bonchev–Trinajstić information content (AvgIpc) is 2.99. The predicted octanol–water partition coefficient (Wildman–Crippen LogP) is 1.87. The van der Waals surface area contributed by atoms with Crippen LogP contribution in [0.2, 0.25) is 5.02 Å². The van der Waals surface area contributed by atoms with Crippen LogP contribution in [0.25, 0.3) is 16.7 Å². The SMILES string of the molecule is Cn1c(=O)n(C)c2cc(-n3cc(C(=O)O)c(=O)n(Cc4c(F)ccc(F)c4Cl)c3=O)ccc21. The lowest BCUT2D eigenvalue weighted by molar-refractivity contribution is 0.0693. The van der Waals surface area contributed by atoms with Crippen molar-refractivity contribution in [1.82, 2.24) is 18.3 Å². The summed E-state index contributed by atoms with van der Waals surface area (Å²) in [6, 6.07) is 6.05. The van der Waals surface area contributed by atoms with Crippen molar-refractivity contribution < 1.29 is 18.7 Å². The maximum Gasteiger partial charge on any atom is 0.342 e. The molecule has 0 radical (unpaired) electrons. The van der Waals surface area contributed by atoms with Crippen LogP contribution in [0, 0.1) is 11.6 Å². The van der Waals surface area contributed by atoms with Crippen LogP contribution in [0.3, 0.4) is 0 Å². The Hall–Kier alpha value is -3.99. The van der Waals surface area contributed by atoms with Crippen LogP contribution in [-0.4, -0.2) is 29.3 Å². The van der Waals surface area contributed by atoms with E-state index in [1.165, 1.54) is 28.3 Å². The Morgan fingerprint density at radius 2 is 1.61 bits per heavy atom. The molecular weight excluding hydrogens is 462 g/mol.